The van der Waals surface area contributed by atoms with E-state index in [1.54, 1.807) is 0 Å². The van der Waals surface area contributed by atoms with Crippen LogP contribution in [0.2, 0.25) is 0 Å². The highest BCUT2D eigenvalue weighted by Crippen LogP contribution is 2.14. The number of esters is 3. The van der Waals surface area contributed by atoms with Gasteiger partial charge in [0.05, 0.1) is 0 Å². The van der Waals surface area contributed by atoms with Crippen LogP contribution in [-0.4, -0.2) is 37.2 Å². The average Bonchev–Trinajstić information content (AvgIpc) is 3.40. The van der Waals surface area contributed by atoms with Gasteiger partial charge in [-0.3, -0.25) is 14.4 Å². The lowest BCUT2D eigenvalue weighted by atomic mass is 10.1. The molecule has 0 bridgehead atoms. The molecular weight excluding hydrogens is 913 g/mol. The van der Waals surface area contributed by atoms with Gasteiger partial charge in [-0.25, -0.2) is 0 Å². The van der Waals surface area contributed by atoms with Gasteiger partial charge in [0.25, 0.3) is 0 Å². The molecule has 0 aromatic heterocycles. The van der Waals surface area contributed by atoms with Crippen molar-refractivity contribution in [3.63, 3.8) is 0 Å². The Hall–Kier alpha value is -4.45. The number of unbranched alkanes of at least 4 members (excludes halogenated alkanes) is 20. The van der Waals surface area contributed by atoms with Gasteiger partial charge in [0.2, 0.25) is 0 Å². The van der Waals surface area contributed by atoms with E-state index in [0.29, 0.717) is 19.3 Å². The van der Waals surface area contributed by atoms with Crippen LogP contribution in [-0.2, 0) is 28.6 Å². The van der Waals surface area contributed by atoms with Crippen molar-refractivity contribution >= 4 is 17.9 Å². The van der Waals surface area contributed by atoms with Crippen molar-refractivity contribution in [1.82, 2.24) is 0 Å². The van der Waals surface area contributed by atoms with E-state index in [2.05, 4.69) is 154 Å². The number of rotatable bonds is 53. The zero-order chi connectivity index (χ0) is 53.6. The lowest BCUT2D eigenvalue weighted by Crippen LogP contribution is -2.30. The molecule has 0 amide bonds. The summed E-state index contributed by atoms with van der Waals surface area (Å²) in [7, 11) is 0. The first kappa shape index (κ1) is 69.5. The fraction of sp³-hybridized carbons (Fsp3) is 0.632. The quantitative estimate of drug-likeness (QED) is 0.0261. The predicted molar refractivity (Wildman–Crippen MR) is 320 cm³/mol. The molecule has 6 nitrogen and oxygen atoms in total. The van der Waals surface area contributed by atoms with Crippen LogP contribution >= 0.6 is 0 Å². The first-order valence-corrected chi connectivity index (χ1v) is 30.2. The first-order valence-electron chi connectivity index (χ1n) is 30.2. The minimum atomic E-state index is -0.795. The molecule has 0 heterocycles. The van der Waals surface area contributed by atoms with Crippen LogP contribution in [0.1, 0.15) is 258 Å². The molecule has 418 valence electrons. The van der Waals surface area contributed by atoms with Crippen LogP contribution in [0.5, 0.6) is 0 Å². The molecule has 1 unspecified atom stereocenters. The maximum atomic E-state index is 12.8. The van der Waals surface area contributed by atoms with E-state index in [9.17, 15) is 14.4 Å². The van der Waals surface area contributed by atoms with E-state index in [0.717, 1.165) is 148 Å². The Kier molecular flexibility index (Phi) is 57.4. The molecule has 1 atom stereocenters. The van der Waals surface area contributed by atoms with Gasteiger partial charge in [-0.1, -0.05) is 257 Å². The van der Waals surface area contributed by atoms with Crippen LogP contribution in [0.3, 0.4) is 0 Å². The summed E-state index contributed by atoms with van der Waals surface area (Å²) >= 11 is 0. The zero-order valence-corrected chi connectivity index (χ0v) is 47.8. The molecule has 0 spiro atoms. The lowest BCUT2D eigenvalue weighted by molar-refractivity contribution is -0.167. The Balaban J connectivity index is 4.22. The highest BCUT2D eigenvalue weighted by molar-refractivity contribution is 5.71. The second-order valence-corrected chi connectivity index (χ2v) is 19.5. The van der Waals surface area contributed by atoms with Crippen molar-refractivity contribution in [2.45, 2.75) is 264 Å². The maximum absolute atomic E-state index is 12.8. The van der Waals surface area contributed by atoms with Gasteiger partial charge >= 0.3 is 17.9 Å². The van der Waals surface area contributed by atoms with Crippen molar-refractivity contribution in [3.8, 4) is 0 Å². The molecule has 0 aliphatic carbocycles. The average molecular weight is 1020 g/mol. The van der Waals surface area contributed by atoms with E-state index in [-0.39, 0.29) is 31.1 Å². The van der Waals surface area contributed by atoms with Gasteiger partial charge in [-0.15, -0.1) is 0 Å². The predicted octanol–water partition coefficient (Wildman–Crippen LogP) is 20.6. The van der Waals surface area contributed by atoms with Crippen molar-refractivity contribution in [2.24, 2.45) is 0 Å². The van der Waals surface area contributed by atoms with Crippen molar-refractivity contribution in [3.05, 3.63) is 134 Å². The molecule has 0 aliphatic heterocycles. The van der Waals surface area contributed by atoms with Crippen molar-refractivity contribution < 1.29 is 28.6 Å². The van der Waals surface area contributed by atoms with E-state index in [1.165, 1.54) is 70.6 Å². The highest BCUT2D eigenvalue weighted by Gasteiger charge is 2.19. The molecule has 0 aromatic carbocycles. The molecule has 0 N–H and O–H groups in total. The summed E-state index contributed by atoms with van der Waals surface area (Å²) in [6.07, 6.45) is 86.1. The Morgan fingerprint density at radius 1 is 0.284 bits per heavy atom. The van der Waals surface area contributed by atoms with Crippen LogP contribution in [0.15, 0.2) is 134 Å². The van der Waals surface area contributed by atoms with Crippen LogP contribution in [0.25, 0.3) is 0 Å². The minimum absolute atomic E-state index is 0.0918. The molecule has 0 fully saturated rings. The van der Waals surface area contributed by atoms with Crippen LogP contribution in [0, 0.1) is 0 Å². The number of carbonyl (C=O) groups is 3. The standard InChI is InChI=1S/C68H110O6/c1-4-7-10-13-16-19-21-23-25-27-28-29-30-31-32-33-34-35-36-37-38-39-40-42-43-45-47-49-52-55-58-61-67(70)73-64-65(63-72-66(69)60-57-54-51-18-15-12-9-6-3)74-68(71)62-59-56-53-50-48-46-44-41-26-24-22-20-17-14-11-8-5-2/h7-8,10-11,16-17,19-20,23-26,28-29,31-32,34-35,37-38,44,46,65H,4-6,9,12-15,18,21-22,27,30,33,36,39-43,45,47-64H2,1-3H3/b10-7-,11-8-,19-16-,20-17-,25-23-,26-24-,29-28-,32-31-,35-34-,38-37-,46-44-. The second-order valence-electron chi connectivity index (χ2n) is 19.5. The van der Waals surface area contributed by atoms with Gasteiger partial charge in [-0.2, -0.15) is 0 Å². The fourth-order valence-electron chi connectivity index (χ4n) is 7.94. The van der Waals surface area contributed by atoms with Crippen molar-refractivity contribution in [1.29, 1.82) is 0 Å². The Bertz CT molecular complexity index is 1600. The summed E-state index contributed by atoms with van der Waals surface area (Å²) in [4.78, 5) is 38.0. The number of hydrogen-bond donors (Lipinski definition) is 0. The molecular formula is C68H110O6. The Morgan fingerprint density at radius 3 is 0.824 bits per heavy atom. The van der Waals surface area contributed by atoms with Gasteiger partial charge < -0.3 is 14.2 Å². The maximum Gasteiger partial charge on any atom is 0.306 e. The third kappa shape index (κ3) is 58.4. The summed E-state index contributed by atoms with van der Waals surface area (Å²) in [5, 5.41) is 0. The number of carbonyl (C=O) groups excluding carboxylic acids is 3. The fourth-order valence-corrected chi connectivity index (χ4v) is 7.94. The van der Waals surface area contributed by atoms with Crippen molar-refractivity contribution in [2.75, 3.05) is 13.2 Å². The highest BCUT2D eigenvalue weighted by atomic mass is 16.6. The lowest BCUT2D eigenvalue weighted by Gasteiger charge is -2.18. The van der Waals surface area contributed by atoms with Crippen LogP contribution in [0.4, 0.5) is 0 Å². The van der Waals surface area contributed by atoms with Gasteiger partial charge in [-0.05, 0) is 116 Å². The van der Waals surface area contributed by atoms with Gasteiger partial charge in [0.15, 0.2) is 6.10 Å². The molecule has 0 saturated heterocycles. The summed E-state index contributed by atoms with van der Waals surface area (Å²) < 4.78 is 16.8. The zero-order valence-electron chi connectivity index (χ0n) is 47.8. The smallest absolute Gasteiger partial charge is 0.306 e. The second kappa shape index (κ2) is 61.1. The molecule has 0 aromatic rings. The summed E-state index contributed by atoms with van der Waals surface area (Å²) in [5.41, 5.74) is 0. The number of allylic oxidation sites excluding steroid dienone is 22. The molecule has 0 saturated carbocycles. The van der Waals surface area contributed by atoms with E-state index >= 15 is 0 Å². The largest absolute Gasteiger partial charge is 0.462 e. The van der Waals surface area contributed by atoms with Gasteiger partial charge in [0, 0.05) is 19.3 Å². The Labute approximate surface area is 455 Å². The van der Waals surface area contributed by atoms with E-state index < -0.39 is 6.10 Å². The molecule has 0 rings (SSSR count). The monoisotopic (exact) mass is 1020 g/mol. The molecule has 74 heavy (non-hydrogen) atoms. The summed E-state index contributed by atoms with van der Waals surface area (Å²) in [6, 6.07) is 0. The first-order chi connectivity index (χ1) is 36.5. The SMILES string of the molecule is CC/C=C\C/C=C\C/C=C\C/C=C\C/C=C\C/C=C\C/C=C\CCCCCCCCCCCC(=O)OCC(COC(=O)CCCCCCCCCC)OC(=O)CCCCCC/C=C\C/C=C\C/C=C\C/C=C\CC. The summed E-state index contributed by atoms with van der Waals surface area (Å²) in [6.45, 7) is 6.35. The van der Waals surface area contributed by atoms with E-state index in [1.807, 2.05) is 0 Å². The van der Waals surface area contributed by atoms with Gasteiger partial charge in [0.1, 0.15) is 13.2 Å². The number of hydrogen-bond acceptors (Lipinski definition) is 6. The van der Waals surface area contributed by atoms with Crippen LogP contribution < -0.4 is 0 Å². The molecule has 6 heteroatoms. The third-order valence-electron chi connectivity index (χ3n) is 12.4. The van der Waals surface area contributed by atoms with E-state index in [4.69, 9.17) is 14.2 Å². The summed E-state index contributed by atoms with van der Waals surface area (Å²) in [5.74, 6) is -0.929. The topological polar surface area (TPSA) is 78.9 Å². The molecule has 0 radical (unpaired) electrons. The minimum Gasteiger partial charge on any atom is -0.462 e. The number of ether oxygens (including phenoxy) is 3. The molecule has 0 aliphatic rings. The Morgan fingerprint density at radius 2 is 0.527 bits per heavy atom. The normalized spacial score (nSPS) is 13.1. The third-order valence-corrected chi connectivity index (χ3v) is 12.4.